The van der Waals surface area contributed by atoms with Crippen LogP contribution in [0.5, 0.6) is 0 Å². The zero-order valence-corrected chi connectivity index (χ0v) is 10.7. The van der Waals surface area contributed by atoms with Gasteiger partial charge in [-0.15, -0.1) is 0 Å². The highest BCUT2D eigenvalue weighted by molar-refractivity contribution is 6.25. The van der Waals surface area contributed by atoms with Crippen LogP contribution in [0.2, 0.25) is 0 Å². The number of carboxylic acid groups (broad SMARTS) is 1. The average molecular weight is 274 g/mol. The Labute approximate surface area is 111 Å². The molecule has 1 heterocycles. The third kappa shape index (κ3) is 5.46. The van der Waals surface area contributed by atoms with E-state index >= 15 is 0 Å². The van der Waals surface area contributed by atoms with Crippen molar-refractivity contribution < 1.29 is 29.5 Å². The van der Waals surface area contributed by atoms with Gasteiger partial charge in [0.25, 0.3) is 0 Å². The molecule has 5 N–H and O–H groups in total. The molecule has 3 atom stereocenters. The zero-order chi connectivity index (χ0) is 14.4. The Kier molecular flexibility index (Phi) is 6.07. The van der Waals surface area contributed by atoms with Crippen LogP contribution >= 0.6 is 0 Å². The fourth-order valence-corrected chi connectivity index (χ4v) is 1.97. The molecular formula is C12H21N2O5+. The summed E-state index contributed by atoms with van der Waals surface area (Å²) in [6, 6.07) is -0.859. The predicted octanol–water partition coefficient (Wildman–Crippen LogP) is -1.65. The maximum absolute atomic E-state index is 11.4. The molecular weight excluding hydrogens is 253 g/mol. The highest BCUT2D eigenvalue weighted by Crippen LogP contribution is 2.06. The first-order valence-corrected chi connectivity index (χ1v) is 6.36. The maximum atomic E-state index is 11.4. The van der Waals surface area contributed by atoms with E-state index in [1.807, 2.05) is 0 Å². The molecule has 0 saturated carbocycles. The molecule has 0 bridgehead atoms. The Morgan fingerprint density at radius 2 is 2.11 bits per heavy atom. The summed E-state index contributed by atoms with van der Waals surface area (Å²) in [7, 11) is 0. The van der Waals surface area contributed by atoms with E-state index in [4.69, 9.17) is 10.8 Å². The molecule has 0 amide bonds. The second-order valence-corrected chi connectivity index (χ2v) is 4.87. The van der Waals surface area contributed by atoms with Crippen molar-refractivity contribution in [2.45, 2.75) is 43.9 Å². The van der Waals surface area contributed by atoms with Crippen LogP contribution in [0.15, 0.2) is 0 Å². The summed E-state index contributed by atoms with van der Waals surface area (Å²) in [4.78, 5) is 21.9. The molecule has 0 aromatic rings. The number of hydrogen-bond acceptors (Lipinski definition) is 5. The number of Topliss-reactive ketones (excluding diaryl/α,β-unsaturated/α-hetero) is 1. The summed E-state index contributed by atoms with van der Waals surface area (Å²) >= 11 is 0. The minimum Gasteiger partial charge on any atom is -0.480 e. The normalized spacial score (nSPS) is 25.6. The molecule has 0 aromatic carbocycles. The lowest BCUT2D eigenvalue weighted by molar-refractivity contribution is -0.532. The highest BCUT2D eigenvalue weighted by Gasteiger charge is 2.28. The van der Waals surface area contributed by atoms with Gasteiger partial charge in [-0.25, -0.2) is 4.58 Å². The first kappa shape index (κ1) is 15.7. The van der Waals surface area contributed by atoms with Gasteiger partial charge in [0.05, 0.1) is 6.10 Å². The van der Waals surface area contributed by atoms with E-state index in [9.17, 15) is 19.8 Å². The van der Waals surface area contributed by atoms with Crippen molar-refractivity contribution in [3.8, 4) is 0 Å². The molecule has 7 nitrogen and oxygen atoms in total. The van der Waals surface area contributed by atoms with Crippen molar-refractivity contribution in [3.05, 3.63) is 0 Å². The van der Waals surface area contributed by atoms with Gasteiger partial charge >= 0.3 is 5.97 Å². The molecule has 0 aromatic heterocycles. The Morgan fingerprint density at radius 3 is 2.74 bits per heavy atom. The summed E-state index contributed by atoms with van der Waals surface area (Å²) in [5, 5.41) is 27.7. The number of aliphatic hydroxyl groups excluding tert-OH is 2. The number of rotatable bonds is 6. The van der Waals surface area contributed by atoms with Crippen LogP contribution in [0.25, 0.3) is 0 Å². The standard InChI is InChI=1S/C12H20N2O5/c13-9(12(18)19)3-1-2-4-14-6-8(15)5-10(16)11(17)7-14/h6,9-11,16-17H,1-5,7,13H2/p+1/t9?,10-,11+/m0/s1/i7+1. The summed E-state index contributed by atoms with van der Waals surface area (Å²) < 4.78 is 1.66. The van der Waals surface area contributed by atoms with Gasteiger partial charge in [0.2, 0.25) is 12.0 Å². The number of β-amino-alcohol motifs (C(OH)–C–C–N with tert-alkyl or cyclic N) is 1. The van der Waals surface area contributed by atoms with E-state index in [1.54, 1.807) is 4.58 Å². The largest absolute Gasteiger partial charge is 0.480 e. The Hall–Kier alpha value is -1.31. The van der Waals surface area contributed by atoms with Gasteiger partial charge in [-0.1, -0.05) is 0 Å². The van der Waals surface area contributed by atoms with E-state index in [1.165, 1.54) is 6.21 Å². The van der Waals surface area contributed by atoms with Gasteiger partial charge in [0.1, 0.15) is 18.7 Å². The molecule has 0 fully saturated rings. The fraction of sp³-hybridized carbons (Fsp3) is 0.750. The molecule has 1 unspecified atom stereocenters. The number of nitrogens with zero attached hydrogens (tertiary/aromatic N) is 1. The van der Waals surface area contributed by atoms with Gasteiger partial charge in [-0.05, 0) is 12.8 Å². The number of carbonyl (C=O) groups excluding carboxylic acids is 1. The lowest BCUT2D eigenvalue weighted by Crippen LogP contribution is -2.33. The molecule has 1 aliphatic rings. The summed E-state index contributed by atoms with van der Waals surface area (Å²) in [5.74, 6) is -1.23. The second-order valence-electron chi connectivity index (χ2n) is 4.87. The molecule has 1 rings (SSSR count). The number of hydrogen-bond donors (Lipinski definition) is 4. The minimum absolute atomic E-state index is 0.0679. The van der Waals surface area contributed by atoms with E-state index in [2.05, 4.69) is 0 Å². The first-order chi connectivity index (χ1) is 8.90. The number of unbranched alkanes of at least 4 members (excludes halogenated alkanes) is 1. The van der Waals surface area contributed by atoms with Crippen LogP contribution < -0.4 is 5.73 Å². The van der Waals surface area contributed by atoms with Gasteiger partial charge in [-0.3, -0.25) is 9.59 Å². The van der Waals surface area contributed by atoms with Crippen molar-refractivity contribution in [1.82, 2.24) is 0 Å². The number of carbonyl (C=O) groups is 2. The molecule has 0 saturated heterocycles. The van der Waals surface area contributed by atoms with Crippen molar-refractivity contribution in [3.63, 3.8) is 0 Å². The minimum atomic E-state index is -1.02. The maximum Gasteiger partial charge on any atom is 0.320 e. The number of aliphatic hydroxyl groups is 2. The van der Waals surface area contributed by atoms with Crippen LogP contribution in [-0.4, -0.2) is 69.2 Å². The second kappa shape index (κ2) is 7.32. The monoisotopic (exact) mass is 274 g/mol. The Bertz CT molecular complexity index is 369. The van der Waals surface area contributed by atoms with Crippen LogP contribution in [-0.2, 0) is 9.59 Å². The zero-order valence-electron chi connectivity index (χ0n) is 10.7. The fourth-order valence-electron chi connectivity index (χ4n) is 1.97. The molecule has 108 valence electrons. The van der Waals surface area contributed by atoms with Crippen LogP contribution in [0.1, 0.15) is 25.7 Å². The van der Waals surface area contributed by atoms with Crippen molar-refractivity contribution >= 4 is 18.0 Å². The van der Waals surface area contributed by atoms with Crippen molar-refractivity contribution in [1.29, 1.82) is 0 Å². The van der Waals surface area contributed by atoms with Gasteiger partial charge < -0.3 is 21.1 Å². The van der Waals surface area contributed by atoms with Crippen molar-refractivity contribution in [2.75, 3.05) is 13.1 Å². The smallest absolute Gasteiger partial charge is 0.320 e. The number of nitrogens with two attached hydrogens (primary N) is 1. The van der Waals surface area contributed by atoms with Crippen LogP contribution in [0, 0.1) is 0 Å². The van der Waals surface area contributed by atoms with Crippen LogP contribution in [0.4, 0.5) is 0 Å². The molecule has 7 heteroatoms. The van der Waals surface area contributed by atoms with Gasteiger partial charge in [0, 0.05) is 12.8 Å². The van der Waals surface area contributed by atoms with Gasteiger partial charge in [-0.2, -0.15) is 0 Å². The third-order valence-corrected chi connectivity index (χ3v) is 3.13. The molecule has 0 aliphatic carbocycles. The van der Waals surface area contributed by atoms with E-state index in [0.29, 0.717) is 25.8 Å². The van der Waals surface area contributed by atoms with Crippen LogP contribution in [0.3, 0.4) is 0 Å². The summed E-state index contributed by atoms with van der Waals surface area (Å²) in [6.45, 7) is 0.736. The summed E-state index contributed by atoms with van der Waals surface area (Å²) in [6.07, 6.45) is 1.05. The predicted molar refractivity (Wildman–Crippen MR) is 67.2 cm³/mol. The molecule has 0 spiro atoms. The Balaban J connectivity index is 2.36. The lowest BCUT2D eigenvalue weighted by atomic mass is 10.1. The van der Waals surface area contributed by atoms with Crippen molar-refractivity contribution in [2.24, 2.45) is 5.73 Å². The quantitative estimate of drug-likeness (QED) is 0.261. The lowest BCUT2D eigenvalue weighted by Gasteiger charge is -2.11. The van der Waals surface area contributed by atoms with E-state index in [0.717, 1.165) is 0 Å². The number of ketones is 1. The van der Waals surface area contributed by atoms with E-state index in [-0.39, 0.29) is 18.7 Å². The van der Waals surface area contributed by atoms with Gasteiger partial charge in [0.15, 0.2) is 6.54 Å². The molecule has 0 radical (unpaired) electrons. The number of carboxylic acids is 1. The SMILES string of the molecule is NC(CCCC[N+]1=CC(=O)C[C@H](O)[C@H](O)[13CH2]1)C(=O)O. The average Bonchev–Trinajstić information content (AvgIpc) is 2.44. The Morgan fingerprint density at radius 1 is 1.42 bits per heavy atom. The highest BCUT2D eigenvalue weighted by atomic mass is 16.4. The summed E-state index contributed by atoms with van der Waals surface area (Å²) in [5.41, 5.74) is 5.37. The third-order valence-electron chi connectivity index (χ3n) is 3.13. The van der Waals surface area contributed by atoms with E-state index < -0.39 is 24.2 Å². The molecule has 1 aliphatic heterocycles. The molecule has 19 heavy (non-hydrogen) atoms. The number of aliphatic carboxylic acids is 1. The first-order valence-electron chi connectivity index (χ1n) is 6.36. The topological polar surface area (TPSA) is 124 Å².